The van der Waals surface area contributed by atoms with E-state index in [4.69, 9.17) is 5.11 Å². The van der Waals surface area contributed by atoms with Gasteiger partial charge in [-0.15, -0.1) is 0 Å². The standard InChI is InChI=1S/C15H19N3O3/c1-17-13(7-14(20)18(2)15(17)21)9-16-8-11-3-5-12(10-19)6-4-11/h3-7,16,19H,8-10H2,1-2H3. The third-order valence-corrected chi connectivity index (χ3v) is 3.47. The van der Waals surface area contributed by atoms with E-state index in [9.17, 15) is 9.59 Å². The van der Waals surface area contributed by atoms with Gasteiger partial charge in [-0.05, 0) is 11.1 Å². The van der Waals surface area contributed by atoms with E-state index in [-0.39, 0.29) is 17.9 Å². The normalized spacial score (nSPS) is 10.8. The van der Waals surface area contributed by atoms with Crippen molar-refractivity contribution in [1.82, 2.24) is 14.5 Å². The van der Waals surface area contributed by atoms with Gasteiger partial charge < -0.3 is 10.4 Å². The van der Waals surface area contributed by atoms with Gasteiger partial charge in [-0.2, -0.15) is 0 Å². The van der Waals surface area contributed by atoms with E-state index in [1.807, 2.05) is 24.3 Å². The average molecular weight is 289 g/mol. The smallest absolute Gasteiger partial charge is 0.330 e. The Morgan fingerprint density at radius 2 is 1.62 bits per heavy atom. The number of nitrogens with zero attached hydrogens (tertiary/aromatic N) is 2. The lowest BCUT2D eigenvalue weighted by Crippen LogP contribution is -2.38. The molecule has 21 heavy (non-hydrogen) atoms. The summed E-state index contributed by atoms with van der Waals surface area (Å²) in [6.45, 7) is 1.09. The zero-order chi connectivity index (χ0) is 15.4. The molecule has 0 radical (unpaired) electrons. The molecular weight excluding hydrogens is 270 g/mol. The van der Waals surface area contributed by atoms with Crippen LogP contribution < -0.4 is 16.6 Å². The first-order chi connectivity index (χ1) is 10.0. The Hall–Kier alpha value is -2.18. The number of benzene rings is 1. The highest BCUT2D eigenvalue weighted by Crippen LogP contribution is 2.04. The predicted octanol–water partition coefficient (Wildman–Crippen LogP) is -0.134. The first kappa shape index (κ1) is 15.2. The van der Waals surface area contributed by atoms with E-state index in [2.05, 4.69) is 5.32 Å². The highest BCUT2D eigenvalue weighted by molar-refractivity contribution is 5.21. The lowest BCUT2D eigenvalue weighted by molar-refractivity contribution is 0.282. The monoisotopic (exact) mass is 289 g/mol. The number of aliphatic hydroxyl groups is 1. The minimum atomic E-state index is -0.327. The van der Waals surface area contributed by atoms with Crippen molar-refractivity contribution >= 4 is 0 Å². The zero-order valence-electron chi connectivity index (χ0n) is 12.2. The minimum absolute atomic E-state index is 0.0309. The van der Waals surface area contributed by atoms with Gasteiger partial charge in [0.25, 0.3) is 5.56 Å². The van der Waals surface area contributed by atoms with Crippen LogP contribution in [0, 0.1) is 0 Å². The van der Waals surface area contributed by atoms with Crippen LogP contribution in [0.3, 0.4) is 0 Å². The summed E-state index contributed by atoms with van der Waals surface area (Å²) in [5, 5.41) is 12.2. The molecule has 0 unspecified atom stereocenters. The Labute approximate surface area is 122 Å². The molecule has 0 bridgehead atoms. The first-order valence-electron chi connectivity index (χ1n) is 6.68. The molecule has 6 heteroatoms. The van der Waals surface area contributed by atoms with Crippen LogP contribution in [0.1, 0.15) is 16.8 Å². The fourth-order valence-corrected chi connectivity index (χ4v) is 2.05. The fourth-order valence-electron chi connectivity index (χ4n) is 2.05. The summed E-state index contributed by atoms with van der Waals surface area (Å²) >= 11 is 0. The summed E-state index contributed by atoms with van der Waals surface area (Å²) in [7, 11) is 3.11. The Morgan fingerprint density at radius 1 is 1.00 bits per heavy atom. The zero-order valence-corrected chi connectivity index (χ0v) is 12.2. The third-order valence-electron chi connectivity index (χ3n) is 3.47. The van der Waals surface area contributed by atoms with Crippen molar-refractivity contribution in [2.75, 3.05) is 0 Å². The molecule has 2 N–H and O–H groups in total. The van der Waals surface area contributed by atoms with Crippen LogP contribution in [-0.2, 0) is 33.8 Å². The molecule has 0 atom stereocenters. The van der Waals surface area contributed by atoms with Crippen molar-refractivity contribution in [3.63, 3.8) is 0 Å². The first-order valence-corrected chi connectivity index (χ1v) is 6.68. The molecule has 0 aliphatic heterocycles. The van der Waals surface area contributed by atoms with Crippen molar-refractivity contribution in [3.05, 3.63) is 68.0 Å². The second-order valence-corrected chi connectivity index (χ2v) is 4.95. The van der Waals surface area contributed by atoms with E-state index in [1.54, 1.807) is 7.05 Å². The molecule has 1 heterocycles. The molecule has 0 fully saturated rings. The van der Waals surface area contributed by atoms with Crippen LogP contribution in [0.5, 0.6) is 0 Å². The van der Waals surface area contributed by atoms with Crippen molar-refractivity contribution in [2.24, 2.45) is 14.1 Å². The lowest BCUT2D eigenvalue weighted by atomic mass is 10.1. The molecule has 6 nitrogen and oxygen atoms in total. The van der Waals surface area contributed by atoms with Crippen LogP contribution in [0.4, 0.5) is 0 Å². The van der Waals surface area contributed by atoms with Crippen LogP contribution in [0.15, 0.2) is 39.9 Å². The summed E-state index contributed by atoms with van der Waals surface area (Å²) in [5.41, 5.74) is 1.96. The molecule has 0 spiro atoms. The van der Waals surface area contributed by atoms with Crippen LogP contribution in [0.2, 0.25) is 0 Å². The quantitative estimate of drug-likeness (QED) is 0.804. The van der Waals surface area contributed by atoms with Gasteiger partial charge in [0.2, 0.25) is 0 Å². The number of aromatic nitrogens is 2. The highest BCUT2D eigenvalue weighted by Gasteiger charge is 2.05. The fraction of sp³-hybridized carbons (Fsp3) is 0.333. The highest BCUT2D eigenvalue weighted by atomic mass is 16.3. The molecule has 0 aliphatic rings. The van der Waals surface area contributed by atoms with Gasteiger partial charge in [0.05, 0.1) is 6.61 Å². The van der Waals surface area contributed by atoms with Gasteiger partial charge in [0.15, 0.2) is 0 Å². The summed E-state index contributed by atoms with van der Waals surface area (Å²) < 4.78 is 2.54. The molecule has 0 amide bonds. The number of aliphatic hydroxyl groups excluding tert-OH is 1. The second kappa shape index (κ2) is 6.51. The number of nitrogens with one attached hydrogen (secondary N) is 1. The lowest BCUT2D eigenvalue weighted by Gasteiger charge is -2.10. The van der Waals surface area contributed by atoms with E-state index >= 15 is 0 Å². The van der Waals surface area contributed by atoms with Gasteiger partial charge in [0, 0.05) is 38.9 Å². The van der Waals surface area contributed by atoms with Gasteiger partial charge in [-0.25, -0.2) is 4.79 Å². The second-order valence-electron chi connectivity index (χ2n) is 4.95. The van der Waals surface area contributed by atoms with Gasteiger partial charge in [-0.1, -0.05) is 24.3 Å². The predicted molar refractivity (Wildman–Crippen MR) is 79.8 cm³/mol. The Balaban J connectivity index is 2.03. The number of rotatable bonds is 5. The molecule has 0 aliphatic carbocycles. The van der Waals surface area contributed by atoms with Crippen molar-refractivity contribution in [3.8, 4) is 0 Å². The van der Waals surface area contributed by atoms with Crippen LogP contribution in [0.25, 0.3) is 0 Å². The van der Waals surface area contributed by atoms with E-state index < -0.39 is 0 Å². The van der Waals surface area contributed by atoms with Crippen molar-refractivity contribution in [1.29, 1.82) is 0 Å². The average Bonchev–Trinajstić information content (AvgIpc) is 2.51. The van der Waals surface area contributed by atoms with E-state index in [0.717, 1.165) is 15.7 Å². The van der Waals surface area contributed by atoms with E-state index in [1.165, 1.54) is 17.7 Å². The number of hydrogen-bond donors (Lipinski definition) is 2. The Bertz CT molecular complexity index is 729. The summed E-state index contributed by atoms with van der Waals surface area (Å²) in [5.74, 6) is 0. The number of hydrogen-bond acceptors (Lipinski definition) is 4. The van der Waals surface area contributed by atoms with E-state index in [0.29, 0.717) is 18.8 Å². The topological polar surface area (TPSA) is 76.3 Å². The summed E-state index contributed by atoms with van der Waals surface area (Å²) in [4.78, 5) is 23.4. The van der Waals surface area contributed by atoms with Crippen LogP contribution >= 0.6 is 0 Å². The maximum atomic E-state index is 11.8. The van der Waals surface area contributed by atoms with Crippen molar-refractivity contribution in [2.45, 2.75) is 19.7 Å². The molecule has 2 aromatic rings. The molecule has 112 valence electrons. The summed E-state index contributed by atoms with van der Waals surface area (Å²) in [6, 6.07) is 9.06. The van der Waals surface area contributed by atoms with Gasteiger partial charge in [0.1, 0.15) is 0 Å². The maximum absolute atomic E-state index is 11.8. The maximum Gasteiger partial charge on any atom is 0.330 e. The van der Waals surface area contributed by atoms with Gasteiger partial charge in [-0.3, -0.25) is 13.9 Å². The van der Waals surface area contributed by atoms with Crippen LogP contribution in [-0.4, -0.2) is 14.2 Å². The van der Waals surface area contributed by atoms with Gasteiger partial charge >= 0.3 is 5.69 Å². The minimum Gasteiger partial charge on any atom is -0.392 e. The molecule has 1 aromatic carbocycles. The van der Waals surface area contributed by atoms with Crippen molar-refractivity contribution < 1.29 is 5.11 Å². The largest absolute Gasteiger partial charge is 0.392 e. The Kier molecular flexibility index (Phi) is 4.72. The molecule has 1 aromatic heterocycles. The third kappa shape index (κ3) is 3.48. The molecule has 0 saturated heterocycles. The molecule has 0 saturated carbocycles. The molecular formula is C15H19N3O3. The molecule has 2 rings (SSSR count). The summed E-state index contributed by atoms with van der Waals surface area (Å²) in [6.07, 6.45) is 0. The Morgan fingerprint density at radius 3 is 2.24 bits per heavy atom. The SMILES string of the molecule is Cn1c(CNCc2ccc(CO)cc2)cc(=O)n(C)c1=O.